The molecule has 0 atom stereocenters. The van der Waals surface area contributed by atoms with Crippen molar-refractivity contribution < 1.29 is 5.11 Å². The lowest BCUT2D eigenvalue weighted by atomic mass is 10.0. The van der Waals surface area contributed by atoms with Crippen LogP contribution in [-0.2, 0) is 13.0 Å². The van der Waals surface area contributed by atoms with Crippen molar-refractivity contribution in [2.75, 3.05) is 6.61 Å². The van der Waals surface area contributed by atoms with Crippen LogP contribution in [0.5, 0.6) is 0 Å². The quantitative estimate of drug-likeness (QED) is 0.875. The Morgan fingerprint density at radius 3 is 2.61 bits per heavy atom. The van der Waals surface area contributed by atoms with E-state index in [2.05, 4.69) is 42.4 Å². The van der Waals surface area contributed by atoms with Crippen molar-refractivity contribution in [3.05, 3.63) is 46.8 Å². The summed E-state index contributed by atoms with van der Waals surface area (Å²) in [4.78, 5) is 0. The van der Waals surface area contributed by atoms with E-state index < -0.39 is 0 Å². The summed E-state index contributed by atoms with van der Waals surface area (Å²) in [6.45, 7) is 5.19. The maximum atomic E-state index is 8.79. The summed E-state index contributed by atoms with van der Waals surface area (Å²) < 4.78 is 1.86. The molecule has 0 aliphatic heterocycles. The Bertz CT molecular complexity index is 499. The lowest BCUT2D eigenvalue weighted by molar-refractivity contribution is 0.288. The minimum absolute atomic E-state index is 0.198. The molecule has 0 amide bonds. The maximum absolute atomic E-state index is 8.79. The first kappa shape index (κ1) is 12.8. The molecule has 1 heterocycles. The van der Waals surface area contributed by atoms with Crippen molar-refractivity contribution in [3.8, 4) is 0 Å². The Labute approximate surface area is 107 Å². The van der Waals surface area contributed by atoms with Crippen molar-refractivity contribution in [1.29, 1.82) is 0 Å². The number of hydrogen-bond donors (Lipinski definition) is 1. The first-order chi connectivity index (χ1) is 8.70. The van der Waals surface area contributed by atoms with Crippen molar-refractivity contribution in [3.63, 3.8) is 0 Å². The predicted octanol–water partition coefficient (Wildman–Crippen LogP) is 1.87. The third kappa shape index (κ3) is 2.96. The number of aliphatic hydroxyl groups excluding tert-OH is 1. The molecule has 0 radical (unpaired) electrons. The largest absolute Gasteiger partial charge is 0.396 e. The first-order valence-corrected chi connectivity index (χ1v) is 6.25. The SMILES string of the molecule is Cc1cccc(C)c1Cn1cc(CCCO)nn1. The van der Waals surface area contributed by atoms with Gasteiger partial charge in [-0.3, -0.25) is 0 Å². The molecule has 96 valence electrons. The van der Waals surface area contributed by atoms with E-state index in [9.17, 15) is 0 Å². The molecule has 0 unspecified atom stereocenters. The summed E-state index contributed by atoms with van der Waals surface area (Å²) >= 11 is 0. The third-order valence-electron chi connectivity index (χ3n) is 3.14. The van der Waals surface area contributed by atoms with Crippen LogP contribution in [-0.4, -0.2) is 26.7 Å². The molecule has 0 fully saturated rings. The highest BCUT2D eigenvalue weighted by Gasteiger charge is 2.05. The van der Waals surface area contributed by atoms with E-state index >= 15 is 0 Å². The van der Waals surface area contributed by atoms with Gasteiger partial charge in [0.25, 0.3) is 0 Å². The van der Waals surface area contributed by atoms with Gasteiger partial charge in [-0.25, -0.2) is 4.68 Å². The molecular weight excluding hydrogens is 226 g/mol. The molecule has 4 heteroatoms. The second-order valence-corrected chi connectivity index (χ2v) is 4.60. The van der Waals surface area contributed by atoms with Crippen molar-refractivity contribution in [1.82, 2.24) is 15.0 Å². The molecule has 4 nitrogen and oxygen atoms in total. The second kappa shape index (κ2) is 5.78. The van der Waals surface area contributed by atoms with E-state index in [1.165, 1.54) is 16.7 Å². The highest BCUT2D eigenvalue weighted by Crippen LogP contribution is 2.14. The zero-order valence-corrected chi connectivity index (χ0v) is 10.9. The fraction of sp³-hybridized carbons (Fsp3) is 0.429. The Morgan fingerprint density at radius 1 is 1.22 bits per heavy atom. The molecule has 0 bridgehead atoms. The number of nitrogens with zero attached hydrogens (tertiary/aromatic N) is 3. The zero-order valence-electron chi connectivity index (χ0n) is 10.9. The van der Waals surface area contributed by atoms with Crippen LogP contribution in [0, 0.1) is 13.8 Å². The zero-order chi connectivity index (χ0) is 13.0. The van der Waals surface area contributed by atoms with E-state index in [0.717, 1.165) is 25.1 Å². The average molecular weight is 245 g/mol. The number of benzene rings is 1. The Balaban J connectivity index is 2.11. The van der Waals surface area contributed by atoms with E-state index in [-0.39, 0.29) is 6.61 Å². The smallest absolute Gasteiger partial charge is 0.0828 e. The van der Waals surface area contributed by atoms with Gasteiger partial charge in [0.2, 0.25) is 0 Å². The molecule has 0 spiro atoms. The first-order valence-electron chi connectivity index (χ1n) is 6.25. The standard InChI is InChI=1S/C14H19N3O/c1-11-5-3-6-12(2)14(11)10-17-9-13(15-16-17)7-4-8-18/h3,5-6,9,18H,4,7-8,10H2,1-2H3. The number of aromatic nitrogens is 3. The van der Waals surface area contributed by atoms with Gasteiger partial charge in [0.05, 0.1) is 12.2 Å². The molecule has 0 aliphatic carbocycles. The van der Waals surface area contributed by atoms with Gasteiger partial charge in [-0.15, -0.1) is 5.10 Å². The van der Waals surface area contributed by atoms with Gasteiger partial charge in [-0.2, -0.15) is 0 Å². The molecule has 1 aromatic carbocycles. The summed E-state index contributed by atoms with van der Waals surface area (Å²) in [7, 11) is 0. The fourth-order valence-corrected chi connectivity index (χ4v) is 2.05. The van der Waals surface area contributed by atoms with Crippen LogP contribution >= 0.6 is 0 Å². The number of aryl methyl sites for hydroxylation is 3. The third-order valence-corrected chi connectivity index (χ3v) is 3.14. The number of hydrogen-bond acceptors (Lipinski definition) is 3. The lowest BCUT2D eigenvalue weighted by Gasteiger charge is -2.08. The van der Waals surface area contributed by atoms with Gasteiger partial charge in [0.1, 0.15) is 0 Å². The van der Waals surface area contributed by atoms with Crippen LogP contribution in [0.4, 0.5) is 0 Å². The average Bonchev–Trinajstić information content (AvgIpc) is 2.79. The Kier molecular flexibility index (Phi) is 4.10. The second-order valence-electron chi connectivity index (χ2n) is 4.60. The molecule has 1 N–H and O–H groups in total. The molecule has 2 rings (SSSR count). The van der Waals surface area contributed by atoms with Crippen LogP contribution < -0.4 is 0 Å². The van der Waals surface area contributed by atoms with Crippen molar-refractivity contribution in [2.45, 2.75) is 33.2 Å². The highest BCUT2D eigenvalue weighted by atomic mass is 16.2. The minimum Gasteiger partial charge on any atom is -0.396 e. The van der Waals surface area contributed by atoms with Gasteiger partial charge in [0, 0.05) is 12.8 Å². The minimum atomic E-state index is 0.198. The summed E-state index contributed by atoms with van der Waals surface area (Å²) in [5.41, 5.74) is 4.80. The van der Waals surface area contributed by atoms with Gasteiger partial charge in [-0.05, 0) is 43.4 Å². The number of rotatable bonds is 5. The molecule has 18 heavy (non-hydrogen) atoms. The fourth-order valence-electron chi connectivity index (χ4n) is 2.05. The normalized spacial score (nSPS) is 10.8. The van der Waals surface area contributed by atoms with Gasteiger partial charge >= 0.3 is 0 Å². The van der Waals surface area contributed by atoms with Crippen LogP contribution in [0.15, 0.2) is 24.4 Å². The topological polar surface area (TPSA) is 50.9 Å². The van der Waals surface area contributed by atoms with E-state index in [1.54, 1.807) is 0 Å². The van der Waals surface area contributed by atoms with Crippen LogP contribution in [0.25, 0.3) is 0 Å². The summed E-state index contributed by atoms with van der Waals surface area (Å²) in [5.74, 6) is 0. The van der Waals surface area contributed by atoms with Crippen molar-refractivity contribution >= 4 is 0 Å². The molecule has 0 aliphatic rings. The van der Waals surface area contributed by atoms with E-state index in [1.807, 2.05) is 10.9 Å². The Hall–Kier alpha value is -1.68. The van der Waals surface area contributed by atoms with Gasteiger partial charge < -0.3 is 5.11 Å². The molecule has 0 saturated heterocycles. The van der Waals surface area contributed by atoms with E-state index in [0.29, 0.717) is 0 Å². The molecule has 0 saturated carbocycles. The predicted molar refractivity (Wildman–Crippen MR) is 70.4 cm³/mol. The number of aliphatic hydroxyl groups is 1. The summed E-state index contributed by atoms with van der Waals surface area (Å²) in [5, 5.41) is 17.0. The monoisotopic (exact) mass is 245 g/mol. The van der Waals surface area contributed by atoms with Crippen LogP contribution in [0.1, 0.15) is 28.8 Å². The summed E-state index contributed by atoms with van der Waals surface area (Å²) in [6, 6.07) is 6.31. The van der Waals surface area contributed by atoms with Gasteiger partial charge in [-0.1, -0.05) is 23.4 Å². The molecule has 1 aromatic heterocycles. The van der Waals surface area contributed by atoms with Gasteiger partial charge in [0.15, 0.2) is 0 Å². The maximum Gasteiger partial charge on any atom is 0.0828 e. The Morgan fingerprint density at radius 2 is 1.94 bits per heavy atom. The lowest BCUT2D eigenvalue weighted by Crippen LogP contribution is -2.04. The molecular formula is C14H19N3O. The highest BCUT2D eigenvalue weighted by molar-refractivity contribution is 5.33. The summed E-state index contributed by atoms with van der Waals surface area (Å²) in [6.07, 6.45) is 3.48. The van der Waals surface area contributed by atoms with E-state index in [4.69, 9.17) is 5.11 Å². The molecule has 2 aromatic rings. The van der Waals surface area contributed by atoms with Crippen molar-refractivity contribution in [2.24, 2.45) is 0 Å². The van der Waals surface area contributed by atoms with Crippen LogP contribution in [0.2, 0.25) is 0 Å². The van der Waals surface area contributed by atoms with Crippen LogP contribution in [0.3, 0.4) is 0 Å².